The summed E-state index contributed by atoms with van der Waals surface area (Å²) >= 11 is 0. The van der Waals surface area contributed by atoms with E-state index in [1.807, 2.05) is 18.2 Å². The molecule has 0 saturated carbocycles. The molecule has 1 aromatic heterocycles. The molecule has 25 heavy (non-hydrogen) atoms. The molecule has 0 atom stereocenters. The standard InChI is InChI=1S/C19H18N2O4/c22-17(13-5-2-1-3-6-13)14-9-11-21(12-10-14)18(23)15-7-4-8-16(20-15)19(24)25/h1-8,14H,9-12H2,(H,24,25). The SMILES string of the molecule is O=C(O)c1cccc(C(=O)N2CCC(C(=O)c3ccccc3)CC2)n1. The Hall–Kier alpha value is -3.02. The maximum Gasteiger partial charge on any atom is 0.354 e. The molecule has 0 radical (unpaired) electrons. The Morgan fingerprint density at radius 2 is 1.56 bits per heavy atom. The first kappa shape index (κ1) is 16.8. The van der Waals surface area contributed by atoms with Crippen LogP contribution in [0.1, 0.15) is 44.2 Å². The number of carbonyl (C=O) groups excluding carboxylic acids is 2. The summed E-state index contributed by atoms with van der Waals surface area (Å²) in [7, 11) is 0. The minimum absolute atomic E-state index is 0.0928. The van der Waals surface area contributed by atoms with E-state index in [1.54, 1.807) is 17.0 Å². The molecule has 6 heteroatoms. The summed E-state index contributed by atoms with van der Waals surface area (Å²) < 4.78 is 0. The van der Waals surface area contributed by atoms with Crippen molar-refractivity contribution in [3.8, 4) is 0 Å². The monoisotopic (exact) mass is 338 g/mol. The molecule has 3 rings (SSSR count). The zero-order valence-corrected chi connectivity index (χ0v) is 13.6. The number of benzene rings is 1. The van der Waals surface area contributed by atoms with Gasteiger partial charge in [-0.2, -0.15) is 0 Å². The molecule has 1 saturated heterocycles. The number of carboxylic acid groups (broad SMARTS) is 1. The summed E-state index contributed by atoms with van der Waals surface area (Å²) in [6.07, 6.45) is 1.19. The van der Waals surface area contributed by atoms with Gasteiger partial charge < -0.3 is 10.0 Å². The summed E-state index contributed by atoms with van der Waals surface area (Å²) in [6, 6.07) is 13.5. The molecule has 0 unspecified atom stereocenters. The van der Waals surface area contributed by atoms with Crippen molar-refractivity contribution in [1.29, 1.82) is 0 Å². The van der Waals surface area contributed by atoms with Gasteiger partial charge in [0.15, 0.2) is 5.78 Å². The number of rotatable bonds is 4. The molecule has 0 spiro atoms. The molecule has 0 aliphatic carbocycles. The van der Waals surface area contributed by atoms with E-state index >= 15 is 0 Å². The molecule has 2 heterocycles. The van der Waals surface area contributed by atoms with Gasteiger partial charge >= 0.3 is 5.97 Å². The topological polar surface area (TPSA) is 87.6 Å². The number of carbonyl (C=O) groups is 3. The first-order valence-electron chi connectivity index (χ1n) is 8.15. The van der Waals surface area contributed by atoms with Gasteiger partial charge in [-0.1, -0.05) is 36.4 Å². The van der Waals surface area contributed by atoms with E-state index < -0.39 is 5.97 Å². The Morgan fingerprint density at radius 3 is 2.20 bits per heavy atom. The van der Waals surface area contributed by atoms with E-state index in [-0.39, 0.29) is 29.0 Å². The first-order valence-corrected chi connectivity index (χ1v) is 8.15. The summed E-state index contributed by atoms with van der Waals surface area (Å²) in [5, 5.41) is 8.98. The van der Waals surface area contributed by atoms with Crippen LogP contribution in [0.3, 0.4) is 0 Å². The van der Waals surface area contributed by atoms with E-state index in [9.17, 15) is 14.4 Å². The van der Waals surface area contributed by atoms with Crippen molar-refractivity contribution in [2.75, 3.05) is 13.1 Å². The second-order valence-electron chi connectivity index (χ2n) is 6.01. The Bertz CT molecular complexity index is 796. The van der Waals surface area contributed by atoms with Gasteiger partial charge in [0.2, 0.25) is 0 Å². The van der Waals surface area contributed by atoms with Crippen LogP contribution in [0.5, 0.6) is 0 Å². The number of likely N-dealkylation sites (tertiary alicyclic amines) is 1. The molecule has 0 bridgehead atoms. The lowest BCUT2D eigenvalue weighted by Crippen LogP contribution is -2.40. The molecule has 1 N–H and O–H groups in total. The van der Waals surface area contributed by atoms with Crippen LogP contribution < -0.4 is 0 Å². The molecule has 2 aromatic rings. The normalized spacial score (nSPS) is 15.0. The third-order valence-corrected chi connectivity index (χ3v) is 4.40. The average Bonchev–Trinajstić information content (AvgIpc) is 2.67. The predicted molar refractivity (Wildman–Crippen MR) is 90.6 cm³/mol. The number of amides is 1. The lowest BCUT2D eigenvalue weighted by molar-refractivity contribution is 0.0643. The van der Waals surface area contributed by atoms with Crippen LogP contribution in [0.25, 0.3) is 0 Å². The Kier molecular flexibility index (Phi) is 4.88. The number of nitrogens with zero attached hydrogens (tertiary/aromatic N) is 2. The summed E-state index contributed by atoms with van der Waals surface area (Å²) in [5.74, 6) is -1.45. The van der Waals surface area contributed by atoms with Crippen molar-refractivity contribution in [2.45, 2.75) is 12.8 Å². The van der Waals surface area contributed by atoms with Gasteiger partial charge in [0.1, 0.15) is 11.4 Å². The van der Waals surface area contributed by atoms with E-state index in [0.717, 1.165) is 0 Å². The van der Waals surface area contributed by atoms with Crippen LogP contribution >= 0.6 is 0 Å². The highest BCUT2D eigenvalue weighted by atomic mass is 16.4. The number of hydrogen-bond acceptors (Lipinski definition) is 4. The van der Waals surface area contributed by atoms with Crippen molar-refractivity contribution in [3.63, 3.8) is 0 Å². The number of carboxylic acids is 1. The molecule has 1 amide bonds. The largest absolute Gasteiger partial charge is 0.477 e. The van der Waals surface area contributed by atoms with Crippen LogP contribution in [0, 0.1) is 5.92 Å². The van der Waals surface area contributed by atoms with E-state index in [1.165, 1.54) is 18.2 Å². The minimum atomic E-state index is -1.16. The van der Waals surface area contributed by atoms with Gasteiger partial charge in [0.05, 0.1) is 0 Å². The second-order valence-corrected chi connectivity index (χ2v) is 6.01. The van der Waals surface area contributed by atoms with Crippen LogP contribution in [0.15, 0.2) is 48.5 Å². The molecular weight excluding hydrogens is 320 g/mol. The maximum atomic E-state index is 12.5. The van der Waals surface area contributed by atoms with Gasteiger partial charge in [-0.25, -0.2) is 9.78 Å². The molecule has 6 nitrogen and oxygen atoms in total. The number of pyridine rings is 1. The number of piperidine rings is 1. The fraction of sp³-hybridized carbons (Fsp3) is 0.263. The molecule has 1 fully saturated rings. The average molecular weight is 338 g/mol. The summed E-state index contributed by atoms with van der Waals surface area (Å²) in [5.41, 5.74) is 0.663. The van der Waals surface area contributed by atoms with Gasteiger partial charge in [-0.15, -0.1) is 0 Å². The number of aromatic carboxylic acids is 1. The van der Waals surface area contributed by atoms with Gasteiger partial charge in [-0.3, -0.25) is 9.59 Å². The molecular formula is C19H18N2O4. The van der Waals surface area contributed by atoms with Crippen molar-refractivity contribution in [3.05, 3.63) is 65.5 Å². The van der Waals surface area contributed by atoms with E-state index in [4.69, 9.17) is 5.11 Å². The van der Waals surface area contributed by atoms with E-state index in [0.29, 0.717) is 31.5 Å². The number of aromatic nitrogens is 1. The quantitative estimate of drug-likeness (QED) is 0.866. The van der Waals surface area contributed by atoms with Crippen molar-refractivity contribution in [2.24, 2.45) is 5.92 Å². The summed E-state index contributed by atoms with van der Waals surface area (Å²) in [6.45, 7) is 0.919. The first-order chi connectivity index (χ1) is 12.1. The highest BCUT2D eigenvalue weighted by Gasteiger charge is 2.29. The molecule has 128 valence electrons. The number of hydrogen-bond donors (Lipinski definition) is 1. The third-order valence-electron chi connectivity index (χ3n) is 4.40. The molecule has 1 aliphatic heterocycles. The lowest BCUT2D eigenvalue weighted by atomic mass is 9.89. The van der Waals surface area contributed by atoms with Gasteiger partial charge in [0, 0.05) is 24.6 Å². The van der Waals surface area contributed by atoms with Crippen molar-refractivity contribution in [1.82, 2.24) is 9.88 Å². The Balaban J connectivity index is 1.64. The second kappa shape index (κ2) is 7.25. The lowest BCUT2D eigenvalue weighted by Gasteiger charge is -2.31. The van der Waals surface area contributed by atoms with Crippen LogP contribution in [-0.4, -0.2) is 45.7 Å². The Morgan fingerprint density at radius 1 is 0.920 bits per heavy atom. The van der Waals surface area contributed by atoms with Gasteiger partial charge in [0.25, 0.3) is 5.91 Å². The number of Topliss-reactive ketones (excluding diaryl/α,β-unsaturated/α-hetero) is 1. The zero-order valence-electron chi connectivity index (χ0n) is 13.6. The van der Waals surface area contributed by atoms with Crippen molar-refractivity contribution >= 4 is 17.7 Å². The molecule has 1 aromatic carbocycles. The fourth-order valence-corrected chi connectivity index (χ4v) is 3.02. The molecule has 1 aliphatic rings. The van der Waals surface area contributed by atoms with Crippen LogP contribution in [0.2, 0.25) is 0 Å². The van der Waals surface area contributed by atoms with Crippen LogP contribution in [-0.2, 0) is 0 Å². The smallest absolute Gasteiger partial charge is 0.354 e. The van der Waals surface area contributed by atoms with Crippen molar-refractivity contribution < 1.29 is 19.5 Å². The van der Waals surface area contributed by atoms with Gasteiger partial charge in [-0.05, 0) is 25.0 Å². The summed E-state index contributed by atoms with van der Waals surface area (Å²) in [4.78, 5) is 41.5. The minimum Gasteiger partial charge on any atom is -0.477 e. The predicted octanol–water partition coefficient (Wildman–Crippen LogP) is 2.51. The fourth-order valence-electron chi connectivity index (χ4n) is 3.02. The highest BCUT2D eigenvalue weighted by molar-refractivity contribution is 5.98. The van der Waals surface area contributed by atoms with Crippen LogP contribution in [0.4, 0.5) is 0 Å². The zero-order chi connectivity index (χ0) is 17.8. The Labute approximate surface area is 145 Å². The number of ketones is 1. The third kappa shape index (κ3) is 3.74. The highest BCUT2D eigenvalue weighted by Crippen LogP contribution is 2.22. The maximum absolute atomic E-state index is 12.5. The van der Waals surface area contributed by atoms with E-state index in [2.05, 4.69) is 4.98 Å².